The Labute approximate surface area is 161 Å². The van der Waals surface area contributed by atoms with Crippen molar-refractivity contribution in [1.29, 1.82) is 0 Å². The summed E-state index contributed by atoms with van der Waals surface area (Å²) in [5, 5.41) is 6.92. The molecular formula is C19H23N3O2S2. The molecule has 2 saturated heterocycles. The summed E-state index contributed by atoms with van der Waals surface area (Å²) in [6.45, 7) is 4.76. The van der Waals surface area contributed by atoms with Crippen LogP contribution in [0.25, 0.3) is 0 Å². The summed E-state index contributed by atoms with van der Waals surface area (Å²) in [6, 6.07) is 1.88. The number of likely N-dealkylation sites (tertiary alicyclic amines) is 2. The van der Waals surface area contributed by atoms with Crippen molar-refractivity contribution in [3.8, 4) is 0 Å². The van der Waals surface area contributed by atoms with Crippen molar-refractivity contribution in [2.24, 2.45) is 5.41 Å². The maximum atomic E-state index is 13.2. The van der Waals surface area contributed by atoms with E-state index in [2.05, 4.69) is 4.98 Å². The Morgan fingerprint density at radius 3 is 2.69 bits per heavy atom. The molecule has 1 spiro atoms. The maximum Gasteiger partial charge on any atom is 0.254 e. The Hall–Kier alpha value is -1.73. The van der Waals surface area contributed by atoms with Crippen molar-refractivity contribution in [2.75, 3.05) is 19.6 Å². The Balaban J connectivity index is 1.42. The molecule has 7 heteroatoms. The molecule has 0 saturated carbocycles. The molecule has 5 nitrogen and oxygen atoms in total. The lowest BCUT2D eigenvalue weighted by Crippen LogP contribution is -2.54. The molecular weight excluding hydrogens is 366 g/mol. The number of aryl methyl sites for hydroxylation is 1. The van der Waals surface area contributed by atoms with Crippen LogP contribution in [0.4, 0.5) is 0 Å². The monoisotopic (exact) mass is 389 g/mol. The van der Waals surface area contributed by atoms with Crippen LogP contribution in [0.1, 0.15) is 46.7 Å². The SMILES string of the molecule is Cc1nc(CN2CCCC3(CCN(C(=O)c4ccsc4)CC3)C2=O)cs1. The fourth-order valence-electron chi connectivity index (χ4n) is 4.15. The highest BCUT2D eigenvalue weighted by Gasteiger charge is 2.46. The molecule has 0 aliphatic carbocycles. The Morgan fingerprint density at radius 1 is 1.23 bits per heavy atom. The zero-order valence-electron chi connectivity index (χ0n) is 14.9. The van der Waals surface area contributed by atoms with E-state index in [-0.39, 0.29) is 17.2 Å². The molecule has 4 heterocycles. The lowest BCUT2D eigenvalue weighted by molar-refractivity contribution is -0.150. The van der Waals surface area contributed by atoms with Crippen LogP contribution in [0.15, 0.2) is 22.2 Å². The number of carbonyl (C=O) groups is 2. The van der Waals surface area contributed by atoms with Gasteiger partial charge in [-0.3, -0.25) is 9.59 Å². The molecule has 0 bridgehead atoms. The van der Waals surface area contributed by atoms with E-state index in [1.54, 1.807) is 22.7 Å². The minimum atomic E-state index is -0.283. The number of thiazole rings is 1. The van der Waals surface area contributed by atoms with E-state index in [1.807, 2.05) is 38.9 Å². The second-order valence-corrected chi connectivity index (χ2v) is 9.11. The van der Waals surface area contributed by atoms with Crippen LogP contribution in [0.2, 0.25) is 0 Å². The Morgan fingerprint density at radius 2 is 2.04 bits per heavy atom. The van der Waals surface area contributed by atoms with Gasteiger partial charge in [-0.05, 0) is 44.1 Å². The third kappa shape index (κ3) is 3.30. The lowest BCUT2D eigenvalue weighted by atomic mass is 9.71. The normalized spacial score (nSPS) is 20.0. The van der Waals surface area contributed by atoms with Crippen LogP contribution in [-0.4, -0.2) is 46.2 Å². The van der Waals surface area contributed by atoms with Crippen LogP contribution in [0.3, 0.4) is 0 Å². The average molecular weight is 390 g/mol. The number of amides is 2. The first-order valence-electron chi connectivity index (χ1n) is 9.09. The highest BCUT2D eigenvalue weighted by molar-refractivity contribution is 7.09. The largest absolute Gasteiger partial charge is 0.339 e. The van der Waals surface area contributed by atoms with Crippen molar-refractivity contribution >= 4 is 34.5 Å². The highest BCUT2D eigenvalue weighted by atomic mass is 32.1. The Kier molecular flexibility index (Phi) is 4.84. The molecule has 2 amide bonds. The molecule has 0 radical (unpaired) electrons. The molecule has 26 heavy (non-hydrogen) atoms. The van der Waals surface area contributed by atoms with Gasteiger partial charge in [0.2, 0.25) is 5.91 Å². The quantitative estimate of drug-likeness (QED) is 0.807. The highest BCUT2D eigenvalue weighted by Crippen LogP contribution is 2.41. The third-order valence-corrected chi connectivity index (χ3v) is 7.13. The predicted octanol–water partition coefficient (Wildman–Crippen LogP) is 3.56. The molecule has 4 rings (SSSR count). The van der Waals surface area contributed by atoms with Crippen molar-refractivity contribution in [2.45, 2.75) is 39.2 Å². The number of nitrogens with zero attached hydrogens (tertiary/aromatic N) is 3. The van der Waals surface area contributed by atoms with Crippen LogP contribution >= 0.6 is 22.7 Å². The van der Waals surface area contributed by atoms with E-state index < -0.39 is 0 Å². The van der Waals surface area contributed by atoms with E-state index in [9.17, 15) is 9.59 Å². The van der Waals surface area contributed by atoms with Crippen molar-refractivity contribution in [1.82, 2.24) is 14.8 Å². The number of hydrogen-bond donors (Lipinski definition) is 0. The fourth-order valence-corrected chi connectivity index (χ4v) is 5.38. The standard InChI is InChI=1S/C19H23N3O2S2/c1-14-20-16(13-26-14)11-22-7-2-4-19(18(22)24)5-8-21(9-6-19)17(23)15-3-10-25-12-15/h3,10,12-13H,2,4-9,11H2,1H3. The number of aromatic nitrogens is 1. The van der Waals surface area contributed by atoms with Gasteiger partial charge in [0.25, 0.3) is 5.91 Å². The van der Waals surface area contributed by atoms with Crippen molar-refractivity contribution in [3.63, 3.8) is 0 Å². The molecule has 0 aromatic carbocycles. The van der Waals surface area contributed by atoms with Gasteiger partial charge in [0.1, 0.15) is 0 Å². The first kappa shape index (κ1) is 17.7. The maximum absolute atomic E-state index is 13.2. The van der Waals surface area contributed by atoms with Gasteiger partial charge in [0.05, 0.1) is 28.2 Å². The van der Waals surface area contributed by atoms with E-state index in [0.717, 1.165) is 48.5 Å². The second-order valence-electron chi connectivity index (χ2n) is 7.27. The summed E-state index contributed by atoms with van der Waals surface area (Å²) >= 11 is 3.17. The molecule has 2 aromatic rings. The minimum absolute atomic E-state index is 0.0964. The fraction of sp³-hybridized carbons (Fsp3) is 0.526. The third-order valence-electron chi connectivity index (χ3n) is 5.62. The molecule has 138 valence electrons. The molecule has 0 unspecified atom stereocenters. The zero-order valence-corrected chi connectivity index (χ0v) is 16.6. The van der Waals surface area contributed by atoms with Gasteiger partial charge >= 0.3 is 0 Å². The van der Waals surface area contributed by atoms with E-state index in [1.165, 1.54) is 0 Å². The number of rotatable bonds is 3. The van der Waals surface area contributed by atoms with Gasteiger partial charge in [-0.2, -0.15) is 11.3 Å². The van der Waals surface area contributed by atoms with Crippen LogP contribution < -0.4 is 0 Å². The van der Waals surface area contributed by atoms with E-state index in [4.69, 9.17) is 0 Å². The average Bonchev–Trinajstić information content (AvgIpc) is 3.31. The van der Waals surface area contributed by atoms with Gasteiger partial charge in [-0.15, -0.1) is 11.3 Å². The summed E-state index contributed by atoms with van der Waals surface area (Å²) in [5.74, 6) is 0.358. The van der Waals surface area contributed by atoms with Gasteiger partial charge < -0.3 is 9.80 Å². The van der Waals surface area contributed by atoms with Crippen LogP contribution in [0, 0.1) is 12.3 Å². The topological polar surface area (TPSA) is 53.5 Å². The number of carbonyl (C=O) groups excluding carboxylic acids is 2. The first-order chi connectivity index (χ1) is 12.6. The molecule has 2 fully saturated rings. The van der Waals surface area contributed by atoms with Gasteiger partial charge in [-0.25, -0.2) is 4.98 Å². The molecule has 0 atom stereocenters. The summed E-state index contributed by atoms with van der Waals surface area (Å²) < 4.78 is 0. The van der Waals surface area contributed by atoms with Gasteiger partial charge in [-0.1, -0.05) is 0 Å². The zero-order chi connectivity index (χ0) is 18.1. The van der Waals surface area contributed by atoms with E-state index in [0.29, 0.717) is 19.6 Å². The van der Waals surface area contributed by atoms with Gasteiger partial charge in [0.15, 0.2) is 0 Å². The molecule has 0 N–H and O–H groups in total. The molecule has 2 aliphatic heterocycles. The first-order valence-corrected chi connectivity index (χ1v) is 10.9. The second kappa shape index (κ2) is 7.12. The van der Waals surface area contributed by atoms with Crippen molar-refractivity contribution < 1.29 is 9.59 Å². The van der Waals surface area contributed by atoms with Gasteiger partial charge in [0, 0.05) is 30.4 Å². The molecule has 2 aliphatic rings. The van der Waals surface area contributed by atoms with Crippen molar-refractivity contribution in [3.05, 3.63) is 38.5 Å². The summed E-state index contributed by atoms with van der Waals surface area (Å²) in [6.07, 6.45) is 3.52. The smallest absolute Gasteiger partial charge is 0.254 e. The number of thiophene rings is 1. The van der Waals surface area contributed by atoms with E-state index >= 15 is 0 Å². The minimum Gasteiger partial charge on any atom is -0.339 e. The van der Waals surface area contributed by atoms with Crippen LogP contribution in [-0.2, 0) is 11.3 Å². The Bertz CT molecular complexity index is 792. The lowest BCUT2D eigenvalue weighted by Gasteiger charge is -2.46. The summed E-state index contributed by atoms with van der Waals surface area (Å²) in [5.41, 5.74) is 1.47. The number of hydrogen-bond acceptors (Lipinski definition) is 5. The molecule has 2 aromatic heterocycles. The summed E-state index contributed by atoms with van der Waals surface area (Å²) in [4.78, 5) is 34.2. The van der Waals surface area contributed by atoms with Crippen LogP contribution in [0.5, 0.6) is 0 Å². The number of piperidine rings is 2. The summed E-state index contributed by atoms with van der Waals surface area (Å²) in [7, 11) is 0. The predicted molar refractivity (Wildman–Crippen MR) is 103 cm³/mol.